The van der Waals surface area contributed by atoms with Crippen molar-refractivity contribution in [3.05, 3.63) is 35.0 Å². The fraction of sp³-hybridized carbons (Fsp3) is 0.143. The standard InChI is InChI=1S/C7H8N4S/c1-2-7(12-3-1)4-10-11-5-8-9-6-11/h1-3,5-6,10H,4H2. The summed E-state index contributed by atoms with van der Waals surface area (Å²) in [5, 5.41) is 9.41. The smallest absolute Gasteiger partial charge is 0.138 e. The van der Waals surface area contributed by atoms with E-state index in [0.29, 0.717) is 0 Å². The molecule has 0 aliphatic carbocycles. The molecule has 12 heavy (non-hydrogen) atoms. The van der Waals surface area contributed by atoms with Crippen LogP contribution in [0.5, 0.6) is 0 Å². The van der Waals surface area contributed by atoms with Gasteiger partial charge >= 0.3 is 0 Å². The molecule has 0 spiro atoms. The van der Waals surface area contributed by atoms with Gasteiger partial charge in [-0.25, -0.2) is 4.68 Å². The Morgan fingerprint density at radius 3 is 2.92 bits per heavy atom. The number of rotatable bonds is 3. The maximum atomic E-state index is 3.68. The van der Waals surface area contributed by atoms with Crippen LogP contribution in [-0.4, -0.2) is 14.9 Å². The van der Waals surface area contributed by atoms with Crippen molar-refractivity contribution in [2.45, 2.75) is 6.54 Å². The first-order chi connectivity index (χ1) is 5.95. The minimum absolute atomic E-state index is 0.815. The highest BCUT2D eigenvalue weighted by atomic mass is 32.1. The van der Waals surface area contributed by atoms with Crippen molar-refractivity contribution in [3.8, 4) is 0 Å². The average Bonchev–Trinajstić information content (AvgIpc) is 2.74. The summed E-state index contributed by atoms with van der Waals surface area (Å²) in [5.41, 5.74) is 3.13. The zero-order valence-corrected chi connectivity index (χ0v) is 7.16. The molecule has 0 aliphatic heterocycles. The van der Waals surface area contributed by atoms with Gasteiger partial charge in [-0.05, 0) is 11.4 Å². The third-order valence-corrected chi connectivity index (χ3v) is 2.31. The molecule has 62 valence electrons. The number of hydrogen-bond donors (Lipinski definition) is 1. The van der Waals surface area contributed by atoms with Crippen molar-refractivity contribution in [2.75, 3.05) is 5.43 Å². The van der Waals surface area contributed by atoms with Crippen molar-refractivity contribution in [1.29, 1.82) is 0 Å². The predicted octanol–water partition coefficient (Wildman–Crippen LogP) is 1.08. The summed E-state index contributed by atoms with van der Waals surface area (Å²) in [6.45, 7) is 0.815. The quantitative estimate of drug-likeness (QED) is 0.768. The van der Waals surface area contributed by atoms with Crippen LogP contribution in [0.1, 0.15) is 4.88 Å². The Labute approximate surface area is 73.8 Å². The zero-order valence-electron chi connectivity index (χ0n) is 6.34. The van der Waals surface area contributed by atoms with Crippen molar-refractivity contribution in [2.24, 2.45) is 0 Å². The van der Waals surface area contributed by atoms with Crippen LogP contribution >= 0.6 is 11.3 Å². The van der Waals surface area contributed by atoms with Gasteiger partial charge in [-0.3, -0.25) is 0 Å². The van der Waals surface area contributed by atoms with Gasteiger partial charge in [0.1, 0.15) is 12.7 Å². The van der Waals surface area contributed by atoms with E-state index < -0.39 is 0 Å². The van der Waals surface area contributed by atoms with Crippen LogP contribution in [0.3, 0.4) is 0 Å². The topological polar surface area (TPSA) is 42.7 Å². The molecular weight excluding hydrogens is 172 g/mol. The molecule has 2 aromatic heterocycles. The lowest BCUT2D eigenvalue weighted by Gasteiger charge is -2.02. The van der Waals surface area contributed by atoms with E-state index in [1.165, 1.54) is 4.88 Å². The normalized spacial score (nSPS) is 10.0. The summed E-state index contributed by atoms with van der Waals surface area (Å²) in [6, 6.07) is 4.12. The van der Waals surface area contributed by atoms with E-state index in [4.69, 9.17) is 0 Å². The molecule has 2 heterocycles. The minimum Gasteiger partial charge on any atom is -0.318 e. The first-order valence-corrected chi connectivity index (χ1v) is 4.44. The summed E-state index contributed by atoms with van der Waals surface area (Å²) < 4.78 is 1.74. The van der Waals surface area contributed by atoms with Crippen molar-refractivity contribution < 1.29 is 0 Å². The molecule has 0 aliphatic rings. The number of nitrogens with zero attached hydrogens (tertiary/aromatic N) is 3. The fourth-order valence-electron chi connectivity index (χ4n) is 0.865. The molecule has 4 nitrogen and oxygen atoms in total. The van der Waals surface area contributed by atoms with E-state index >= 15 is 0 Å². The number of thiophene rings is 1. The van der Waals surface area contributed by atoms with Crippen LogP contribution in [0.2, 0.25) is 0 Å². The second kappa shape index (κ2) is 3.36. The summed E-state index contributed by atoms with van der Waals surface area (Å²) in [6.07, 6.45) is 3.27. The fourth-order valence-corrected chi connectivity index (χ4v) is 1.50. The van der Waals surface area contributed by atoms with E-state index in [0.717, 1.165) is 6.54 Å². The third-order valence-electron chi connectivity index (χ3n) is 1.43. The van der Waals surface area contributed by atoms with Gasteiger partial charge in [-0.15, -0.1) is 21.5 Å². The lowest BCUT2D eigenvalue weighted by molar-refractivity contribution is 0.843. The van der Waals surface area contributed by atoms with Crippen molar-refractivity contribution >= 4 is 11.3 Å². The molecule has 0 amide bonds. The molecule has 0 aromatic carbocycles. The lowest BCUT2D eigenvalue weighted by Crippen LogP contribution is -2.10. The maximum Gasteiger partial charge on any atom is 0.138 e. The van der Waals surface area contributed by atoms with Crippen LogP contribution in [0, 0.1) is 0 Å². The molecular formula is C7H8N4S. The van der Waals surface area contributed by atoms with Crippen LogP contribution in [0.15, 0.2) is 30.2 Å². The Bertz CT molecular complexity index is 279. The Balaban J connectivity index is 1.91. The Morgan fingerprint density at radius 1 is 1.42 bits per heavy atom. The van der Waals surface area contributed by atoms with Gasteiger partial charge in [0, 0.05) is 4.88 Å². The predicted molar refractivity (Wildman–Crippen MR) is 47.4 cm³/mol. The number of aromatic nitrogens is 3. The Kier molecular flexibility index (Phi) is 2.04. The van der Waals surface area contributed by atoms with Gasteiger partial charge in [0.05, 0.1) is 6.54 Å². The first-order valence-electron chi connectivity index (χ1n) is 3.56. The minimum atomic E-state index is 0.815. The van der Waals surface area contributed by atoms with Crippen molar-refractivity contribution in [1.82, 2.24) is 14.9 Å². The monoisotopic (exact) mass is 180 g/mol. The molecule has 0 bridgehead atoms. The molecule has 0 saturated carbocycles. The van der Waals surface area contributed by atoms with Crippen LogP contribution in [-0.2, 0) is 6.54 Å². The van der Waals surface area contributed by atoms with Crippen LogP contribution in [0.4, 0.5) is 0 Å². The van der Waals surface area contributed by atoms with Gasteiger partial charge in [-0.2, -0.15) is 0 Å². The SMILES string of the molecule is c1csc(CNn2cnnc2)c1. The van der Waals surface area contributed by atoms with Crippen LogP contribution < -0.4 is 5.43 Å². The highest BCUT2D eigenvalue weighted by Gasteiger charge is 1.92. The molecule has 1 N–H and O–H groups in total. The van der Waals surface area contributed by atoms with E-state index in [-0.39, 0.29) is 0 Å². The van der Waals surface area contributed by atoms with E-state index in [2.05, 4.69) is 27.1 Å². The molecule has 5 heteroatoms. The Hall–Kier alpha value is -1.36. The molecule has 2 aromatic rings. The average molecular weight is 180 g/mol. The summed E-state index contributed by atoms with van der Waals surface area (Å²) in [7, 11) is 0. The summed E-state index contributed by atoms with van der Waals surface area (Å²) in [5.74, 6) is 0. The van der Waals surface area contributed by atoms with Gasteiger partial charge in [0.25, 0.3) is 0 Å². The summed E-state index contributed by atoms with van der Waals surface area (Å²) >= 11 is 1.73. The Morgan fingerprint density at radius 2 is 2.25 bits per heavy atom. The van der Waals surface area contributed by atoms with Gasteiger partial charge in [-0.1, -0.05) is 6.07 Å². The van der Waals surface area contributed by atoms with E-state index in [1.807, 2.05) is 6.07 Å². The van der Waals surface area contributed by atoms with E-state index in [9.17, 15) is 0 Å². The first kappa shape index (κ1) is 7.30. The van der Waals surface area contributed by atoms with Crippen molar-refractivity contribution in [3.63, 3.8) is 0 Å². The number of nitrogens with one attached hydrogen (secondary N) is 1. The maximum absolute atomic E-state index is 3.68. The second-order valence-electron chi connectivity index (χ2n) is 2.28. The molecule has 0 unspecified atom stereocenters. The van der Waals surface area contributed by atoms with Gasteiger partial charge in [0.2, 0.25) is 0 Å². The third kappa shape index (κ3) is 1.62. The molecule has 0 radical (unpaired) electrons. The number of hydrogen-bond acceptors (Lipinski definition) is 4. The van der Waals surface area contributed by atoms with Gasteiger partial charge < -0.3 is 5.43 Å². The molecule has 0 saturated heterocycles. The molecule has 0 atom stereocenters. The van der Waals surface area contributed by atoms with Gasteiger partial charge in [0.15, 0.2) is 0 Å². The largest absolute Gasteiger partial charge is 0.318 e. The highest BCUT2D eigenvalue weighted by molar-refractivity contribution is 7.09. The highest BCUT2D eigenvalue weighted by Crippen LogP contribution is 2.07. The summed E-state index contributed by atoms with van der Waals surface area (Å²) in [4.78, 5) is 1.30. The lowest BCUT2D eigenvalue weighted by atomic mass is 10.5. The van der Waals surface area contributed by atoms with E-state index in [1.54, 1.807) is 28.7 Å². The second-order valence-corrected chi connectivity index (χ2v) is 3.32. The van der Waals surface area contributed by atoms with Crippen LogP contribution in [0.25, 0.3) is 0 Å². The zero-order chi connectivity index (χ0) is 8.23. The molecule has 2 rings (SSSR count). The molecule has 0 fully saturated rings.